The molecule has 0 aromatic heterocycles. The van der Waals surface area contributed by atoms with Crippen molar-refractivity contribution in [3.63, 3.8) is 0 Å². The van der Waals surface area contributed by atoms with Crippen LogP contribution < -0.4 is 9.47 Å². The fraction of sp³-hybridized carbons (Fsp3) is 0.154. The van der Waals surface area contributed by atoms with Gasteiger partial charge in [0.25, 0.3) is 17.4 Å². The Balaban J connectivity index is 1.63. The summed E-state index contributed by atoms with van der Waals surface area (Å²) < 4.78 is 11.1. The van der Waals surface area contributed by atoms with E-state index in [-0.39, 0.29) is 23.6 Å². The molecule has 1 N–H and O–H groups in total. The van der Waals surface area contributed by atoms with E-state index in [0.29, 0.717) is 35.8 Å². The first-order valence-corrected chi connectivity index (χ1v) is 10.9. The lowest BCUT2D eigenvalue weighted by Crippen LogP contribution is -2.29. The zero-order valence-corrected chi connectivity index (χ0v) is 18.4. The van der Waals surface area contributed by atoms with Crippen LogP contribution in [0.2, 0.25) is 0 Å². The van der Waals surface area contributed by atoms with Crippen LogP contribution in [0.4, 0.5) is 5.69 Å². The number of hydrogen-bond donors (Lipinski definition) is 1. The Bertz CT molecular complexity index is 1350. The van der Waals surface area contributed by atoms with Crippen LogP contribution in [0.3, 0.4) is 0 Å². The Kier molecular flexibility index (Phi) is 5.66. The maximum absolute atomic E-state index is 13.2. The number of fused-ring (bicyclic) bond motifs is 1. The molecule has 3 aromatic rings. The Hall–Kier alpha value is -4.66. The third kappa shape index (κ3) is 4.08. The second kappa shape index (κ2) is 8.94. The number of aliphatic hydroxyl groups excluding tert-OH is 1. The second-order valence-corrected chi connectivity index (χ2v) is 8.12. The molecule has 176 valence electrons. The minimum absolute atomic E-state index is 0.100. The lowest BCUT2D eigenvalue weighted by Gasteiger charge is -2.25. The van der Waals surface area contributed by atoms with Gasteiger partial charge in [0.2, 0.25) is 0 Å². The van der Waals surface area contributed by atoms with E-state index in [4.69, 9.17) is 9.47 Å². The minimum Gasteiger partial charge on any atom is -0.507 e. The number of amides is 1. The number of rotatable bonds is 5. The summed E-state index contributed by atoms with van der Waals surface area (Å²) in [5, 5.41) is 22.4. The molecule has 0 saturated carbocycles. The molecule has 35 heavy (non-hydrogen) atoms. The van der Waals surface area contributed by atoms with Gasteiger partial charge in [0, 0.05) is 24.2 Å². The van der Waals surface area contributed by atoms with Crippen molar-refractivity contribution in [2.45, 2.75) is 12.6 Å². The molecule has 2 heterocycles. The number of aliphatic hydroxyl groups is 1. The second-order valence-electron chi connectivity index (χ2n) is 8.12. The highest BCUT2D eigenvalue weighted by molar-refractivity contribution is 6.46. The average Bonchev–Trinajstić information content (AvgIpc) is 3.13. The molecular formula is C26H20N2O7. The molecule has 1 fully saturated rings. The van der Waals surface area contributed by atoms with Gasteiger partial charge in [-0.05, 0) is 41.5 Å². The molecule has 9 heteroatoms. The molecule has 9 nitrogen and oxygen atoms in total. The van der Waals surface area contributed by atoms with Crippen LogP contribution >= 0.6 is 0 Å². The van der Waals surface area contributed by atoms with Gasteiger partial charge in [0.05, 0.1) is 16.5 Å². The van der Waals surface area contributed by atoms with Gasteiger partial charge in [0.1, 0.15) is 19.0 Å². The van der Waals surface area contributed by atoms with Crippen molar-refractivity contribution in [1.29, 1.82) is 0 Å². The number of ether oxygens (including phenoxy) is 2. The Morgan fingerprint density at radius 3 is 2.34 bits per heavy atom. The van der Waals surface area contributed by atoms with Crippen molar-refractivity contribution < 1.29 is 29.1 Å². The molecule has 1 unspecified atom stereocenters. The fourth-order valence-electron chi connectivity index (χ4n) is 4.29. The van der Waals surface area contributed by atoms with E-state index in [0.717, 1.165) is 5.56 Å². The monoisotopic (exact) mass is 472 g/mol. The van der Waals surface area contributed by atoms with E-state index < -0.39 is 22.7 Å². The summed E-state index contributed by atoms with van der Waals surface area (Å²) in [6, 6.07) is 18.6. The topological polar surface area (TPSA) is 119 Å². The van der Waals surface area contributed by atoms with Gasteiger partial charge in [-0.3, -0.25) is 19.7 Å². The Morgan fingerprint density at radius 1 is 0.971 bits per heavy atom. The third-order valence-electron chi connectivity index (χ3n) is 5.97. The maximum atomic E-state index is 13.2. The predicted molar refractivity (Wildman–Crippen MR) is 125 cm³/mol. The van der Waals surface area contributed by atoms with E-state index in [1.807, 2.05) is 30.3 Å². The molecule has 0 bridgehead atoms. The number of nitro groups is 1. The number of nitrogens with zero attached hydrogens (tertiary/aromatic N) is 2. The summed E-state index contributed by atoms with van der Waals surface area (Å²) in [4.78, 5) is 38.3. The van der Waals surface area contributed by atoms with Crippen molar-refractivity contribution in [1.82, 2.24) is 4.90 Å². The van der Waals surface area contributed by atoms with Crippen molar-refractivity contribution in [3.05, 3.63) is 105 Å². The van der Waals surface area contributed by atoms with E-state index in [2.05, 4.69) is 0 Å². The maximum Gasteiger partial charge on any atom is 0.295 e. The number of likely N-dealkylation sites (tertiary alicyclic amines) is 1. The number of carbonyl (C=O) groups excluding carboxylic acids is 2. The molecule has 0 aliphatic carbocycles. The largest absolute Gasteiger partial charge is 0.507 e. The predicted octanol–water partition coefficient (Wildman–Crippen LogP) is 3.99. The molecule has 2 aliphatic heterocycles. The zero-order valence-electron chi connectivity index (χ0n) is 18.4. The number of nitro benzene ring substituents is 1. The molecular weight excluding hydrogens is 452 g/mol. The first kappa shape index (κ1) is 22.1. The summed E-state index contributed by atoms with van der Waals surface area (Å²) in [5.41, 5.74) is 1.32. The van der Waals surface area contributed by atoms with Gasteiger partial charge in [-0.15, -0.1) is 0 Å². The van der Waals surface area contributed by atoms with Crippen LogP contribution in [0.15, 0.2) is 78.4 Å². The summed E-state index contributed by atoms with van der Waals surface area (Å²) in [6.07, 6.45) is 0. The van der Waals surface area contributed by atoms with Gasteiger partial charge in [-0.25, -0.2) is 0 Å². The average molecular weight is 472 g/mol. The van der Waals surface area contributed by atoms with Gasteiger partial charge < -0.3 is 19.5 Å². The van der Waals surface area contributed by atoms with Crippen LogP contribution in [0.25, 0.3) is 5.76 Å². The van der Waals surface area contributed by atoms with E-state index in [1.165, 1.54) is 29.2 Å². The molecule has 3 aromatic carbocycles. The standard InChI is InChI=1S/C26H20N2O7/c29-24(18-8-11-20-21(14-18)35-13-12-34-20)22-23(17-6-9-19(10-7-17)28(32)33)27(26(31)25(22)30)15-16-4-2-1-3-5-16/h1-11,14,23,29H,12-13,15H2. The summed E-state index contributed by atoms with van der Waals surface area (Å²) in [7, 11) is 0. The fourth-order valence-corrected chi connectivity index (χ4v) is 4.29. The lowest BCUT2D eigenvalue weighted by molar-refractivity contribution is -0.384. The smallest absolute Gasteiger partial charge is 0.295 e. The number of Topliss-reactive ketones (excluding diaryl/α,β-unsaturated/α-hetero) is 1. The lowest BCUT2D eigenvalue weighted by atomic mass is 9.95. The quantitative estimate of drug-likeness (QED) is 0.196. The number of benzene rings is 3. The van der Waals surface area contributed by atoms with Gasteiger partial charge in [0.15, 0.2) is 11.5 Å². The normalized spacial score (nSPS) is 18.5. The highest BCUT2D eigenvalue weighted by Gasteiger charge is 2.46. The van der Waals surface area contributed by atoms with Crippen LogP contribution in [-0.2, 0) is 16.1 Å². The molecule has 2 aliphatic rings. The van der Waals surface area contributed by atoms with Gasteiger partial charge >= 0.3 is 0 Å². The molecule has 1 amide bonds. The van der Waals surface area contributed by atoms with Crippen molar-refractivity contribution in [2.24, 2.45) is 0 Å². The molecule has 5 rings (SSSR count). The zero-order chi connectivity index (χ0) is 24.5. The Morgan fingerprint density at radius 2 is 1.66 bits per heavy atom. The van der Waals surface area contributed by atoms with Crippen LogP contribution in [0, 0.1) is 10.1 Å². The van der Waals surface area contributed by atoms with Crippen molar-refractivity contribution >= 4 is 23.1 Å². The Labute approximate surface area is 200 Å². The highest BCUT2D eigenvalue weighted by Crippen LogP contribution is 2.42. The number of non-ortho nitro benzene ring substituents is 1. The number of carbonyl (C=O) groups is 2. The van der Waals surface area contributed by atoms with Gasteiger partial charge in [-0.1, -0.05) is 30.3 Å². The van der Waals surface area contributed by atoms with E-state index in [9.17, 15) is 24.8 Å². The molecule has 1 saturated heterocycles. The van der Waals surface area contributed by atoms with Crippen LogP contribution in [-0.4, -0.2) is 39.8 Å². The number of ketones is 1. The van der Waals surface area contributed by atoms with E-state index in [1.54, 1.807) is 18.2 Å². The third-order valence-corrected chi connectivity index (χ3v) is 5.97. The van der Waals surface area contributed by atoms with Crippen LogP contribution in [0.5, 0.6) is 11.5 Å². The first-order valence-electron chi connectivity index (χ1n) is 10.9. The number of hydrogen-bond acceptors (Lipinski definition) is 7. The van der Waals surface area contributed by atoms with Crippen molar-refractivity contribution in [2.75, 3.05) is 13.2 Å². The summed E-state index contributed by atoms with van der Waals surface area (Å²) in [5.74, 6) is -1.03. The highest BCUT2D eigenvalue weighted by atomic mass is 16.6. The molecule has 1 atom stereocenters. The molecule has 0 spiro atoms. The van der Waals surface area contributed by atoms with Crippen molar-refractivity contribution in [3.8, 4) is 11.5 Å². The van der Waals surface area contributed by atoms with E-state index >= 15 is 0 Å². The minimum atomic E-state index is -0.941. The van der Waals surface area contributed by atoms with Gasteiger partial charge in [-0.2, -0.15) is 0 Å². The molecule has 0 radical (unpaired) electrons. The first-order chi connectivity index (χ1) is 16.9. The summed E-state index contributed by atoms with van der Waals surface area (Å²) >= 11 is 0. The summed E-state index contributed by atoms with van der Waals surface area (Å²) in [6.45, 7) is 0.871. The SMILES string of the molecule is O=C1C(=O)N(Cc2ccccc2)C(c2ccc([N+](=O)[O-])cc2)C1=C(O)c1ccc2c(c1)OCCO2. The van der Waals surface area contributed by atoms with Crippen LogP contribution in [0.1, 0.15) is 22.7 Å².